The van der Waals surface area contributed by atoms with Crippen molar-refractivity contribution in [2.75, 3.05) is 36.9 Å². The molecule has 0 radical (unpaired) electrons. The lowest BCUT2D eigenvalue weighted by molar-refractivity contribution is -0.124. The van der Waals surface area contributed by atoms with Gasteiger partial charge in [0, 0.05) is 13.1 Å². The zero-order valence-corrected chi connectivity index (χ0v) is 11.8. The summed E-state index contributed by atoms with van der Waals surface area (Å²) >= 11 is 0. The van der Waals surface area contributed by atoms with Crippen molar-refractivity contribution in [3.05, 3.63) is 23.5 Å². The summed E-state index contributed by atoms with van der Waals surface area (Å²) < 4.78 is 18.9. The van der Waals surface area contributed by atoms with Gasteiger partial charge in [-0.25, -0.2) is 4.39 Å². The van der Waals surface area contributed by atoms with Crippen LogP contribution in [0.4, 0.5) is 15.8 Å². The zero-order chi connectivity index (χ0) is 14.7. The minimum absolute atomic E-state index is 0.103. The van der Waals surface area contributed by atoms with Crippen LogP contribution in [0.15, 0.2) is 12.1 Å². The standard InChI is InChI=1S/C14H20FN3O2/c1-3-17-14(19)13-8-20-5-4-18(13)12-6-9(2)10(15)7-11(12)16/h6-7,13H,3-5,8,16H2,1-2H3,(H,17,19). The van der Waals surface area contributed by atoms with Crippen molar-refractivity contribution in [1.82, 2.24) is 5.32 Å². The zero-order valence-electron chi connectivity index (χ0n) is 11.8. The van der Waals surface area contributed by atoms with Crippen LogP contribution in [-0.4, -0.2) is 38.3 Å². The predicted molar refractivity (Wildman–Crippen MR) is 76.2 cm³/mol. The van der Waals surface area contributed by atoms with Gasteiger partial charge in [0.15, 0.2) is 0 Å². The maximum atomic E-state index is 13.5. The van der Waals surface area contributed by atoms with E-state index in [4.69, 9.17) is 10.5 Å². The second kappa shape index (κ2) is 6.09. The Labute approximate surface area is 117 Å². The normalized spacial score (nSPS) is 18.9. The van der Waals surface area contributed by atoms with Gasteiger partial charge in [-0.05, 0) is 31.5 Å². The van der Waals surface area contributed by atoms with Crippen LogP contribution >= 0.6 is 0 Å². The van der Waals surface area contributed by atoms with Gasteiger partial charge in [-0.3, -0.25) is 4.79 Å². The average Bonchev–Trinajstić information content (AvgIpc) is 2.43. The molecule has 20 heavy (non-hydrogen) atoms. The summed E-state index contributed by atoms with van der Waals surface area (Å²) in [6.45, 7) is 5.48. The number of carbonyl (C=O) groups is 1. The fourth-order valence-corrected chi connectivity index (χ4v) is 2.33. The lowest BCUT2D eigenvalue weighted by atomic mass is 10.1. The van der Waals surface area contributed by atoms with Gasteiger partial charge in [-0.1, -0.05) is 0 Å². The first-order chi connectivity index (χ1) is 9.54. The van der Waals surface area contributed by atoms with Crippen LogP contribution in [0.1, 0.15) is 12.5 Å². The maximum Gasteiger partial charge on any atom is 0.245 e. The number of nitrogens with one attached hydrogen (secondary N) is 1. The molecule has 1 amide bonds. The van der Waals surface area contributed by atoms with Crippen molar-refractivity contribution >= 4 is 17.3 Å². The summed E-state index contributed by atoms with van der Waals surface area (Å²) in [5, 5.41) is 2.78. The van der Waals surface area contributed by atoms with Gasteiger partial charge < -0.3 is 20.7 Å². The lowest BCUT2D eigenvalue weighted by Crippen LogP contribution is -2.54. The fourth-order valence-electron chi connectivity index (χ4n) is 2.33. The van der Waals surface area contributed by atoms with E-state index in [2.05, 4.69) is 5.32 Å². The third-order valence-corrected chi connectivity index (χ3v) is 3.40. The van der Waals surface area contributed by atoms with Crippen molar-refractivity contribution in [2.24, 2.45) is 0 Å². The molecule has 0 aromatic heterocycles. The molecular formula is C14H20FN3O2. The number of rotatable bonds is 3. The molecule has 1 atom stereocenters. The highest BCUT2D eigenvalue weighted by Gasteiger charge is 2.30. The number of nitrogens with zero attached hydrogens (tertiary/aromatic N) is 1. The summed E-state index contributed by atoms with van der Waals surface area (Å²) in [5.41, 5.74) is 7.43. The molecule has 1 aromatic rings. The summed E-state index contributed by atoms with van der Waals surface area (Å²) in [6.07, 6.45) is 0. The Morgan fingerprint density at radius 1 is 1.60 bits per heavy atom. The quantitative estimate of drug-likeness (QED) is 0.813. The minimum Gasteiger partial charge on any atom is -0.397 e. The number of hydrogen-bond acceptors (Lipinski definition) is 4. The molecule has 1 unspecified atom stereocenters. The Morgan fingerprint density at radius 3 is 3.05 bits per heavy atom. The number of ether oxygens (including phenoxy) is 1. The number of morpholine rings is 1. The van der Waals surface area contributed by atoms with Crippen molar-refractivity contribution in [3.63, 3.8) is 0 Å². The number of amides is 1. The number of nitrogens with two attached hydrogens (primary N) is 1. The van der Waals surface area contributed by atoms with E-state index in [0.29, 0.717) is 43.2 Å². The number of carbonyl (C=O) groups excluding carboxylic acids is 1. The number of halogens is 1. The van der Waals surface area contributed by atoms with E-state index in [0.717, 1.165) is 0 Å². The number of benzene rings is 1. The van der Waals surface area contributed by atoms with Gasteiger partial charge in [0.25, 0.3) is 0 Å². The summed E-state index contributed by atoms with van der Waals surface area (Å²) in [4.78, 5) is 14.0. The van der Waals surface area contributed by atoms with E-state index in [9.17, 15) is 9.18 Å². The molecular weight excluding hydrogens is 261 g/mol. The van der Waals surface area contributed by atoms with Gasteiger partial charge in [0.2, 0.25) is 5.91 Å². The average molecular weight is 281 g/mol. The topological polar surface area (TPSA) is 67.6 Å². The smallest absolute Gasteiger partial charge is 0.245 e. The Balaban J connectivity index is 2.32. The molecule has 5 nitrogen and oxygen atoms in total. The van der Waals surface area contributed by atoms with Crippen LogP contribution in [0.25, 0.3) is 0 Å². The Kier molecular flexibility index (Phi) is 4.44. The van der Waals surface area contributed by atoms with Crippen LogP contribution in [0.5, 0.6) is 0 Å². The van der Waals surface area contributed by atoms with Crippen LogP contribution in [0.2, 0.25) is 0 Å². The van der Waals surface area contributed by atoms with Crippen LogP contribution in [-0.2, 0) is 9.53 Å². The highest BCUT2D eigenvalue weighted by Crippen LogP contribution is 2.29. The summed E-state index contributed by atoms with van der Waals surface area (Å²) in [7, 11) is 0. The second-order valence-electron chi connectivity index (χ2n) is 4.84. The molecule has 0 bridgehead atoms. The van der Waals surface area contributed by atoms with Crippen molar-refractivity contribution < 1.29 is 13.9 Å². The Morgan fingerprint density at radius 2 is 2.35 bits per heavy atom. The monoisotopic (exact) mass is 281 g/mol. The minimum atomic E-state index is -0.434. The van der Waals surface area contributed by atoms with Gasteiger partial charge in [-0.15, -0.1) is 0 Å². The van der Waals surface area contributed by atoms with Gasteiger partial charge in [0.05, 0.1) is 24.6 Å². The van der Waals surface area contributed by atoms with Crippen LogP contribution in [0, 0.1) is 12.7 Å². The molecule has 1 saturated heterocycles. The molecule has 1 aliphatic heterocycles. The molecule has 0 saturated carbocycles. The first-order valence-electron chi connectivity index (χ1n) is 6.72. The van der Waals surface area contributed by atoms with Crippen molar-refractivity contribution in [2.45, 2.75) is 19.9 Å². The first kappa shape index (κ1) is 14.6. The van der Waals surface area contributed by atoms with Gasteiger partial charge in [-0.2, -0.15) is 0 Å². The third-order valence-electron chi connectivity index (χ3n) is 3.40. The summed E-state index contributed by atoms with van der Waals surface area (Å²) in [6, 6.07) is 2.55. The van der Waals surface area contributed by atoms with E-state index < -0.39 is 6.04 Å². The van der Waals surface area contributed by atoms with E-state index >= 15 is 0 Å². The molecule has 1 heterocycles. The SMILES string of the molecule is CCNC(=O)C1COCCN1c1cc(C)c(F)cc1N. The number of hydrogen-bond donors (Lipinski definition) is 2. The number of aryl methyl sites for hydroxylation is 1. The molecule has 6 heteroatoms. The van der Waals surface area contributed by atoms with E-state index in [1.54, 1.807) is 13.0 Å². The van der Waals surface area contributed by atoms with E-state index in [1.807, 2.05) is 11.8 Å². The van der Waals surface area contributed by atoms with Gasteiger partial charge in [0.1, 0.15) is 11.9 Å². The Bertz CT molecular complexity index is 507. The van der Waals surface area contributed by atoms with Crippen molar-refractivity contribution in [1.29, 1.82) is 0 Å². The number of nitrogen functional groups attached to an aromatic ring is 1. The molecule has 1 aromatic carbocycles. The molecule has 110 valence electrons. The number of anilines is 2. The molecule has 0 aliphatic carbocycles. The highest BCUT2D eigenvalue weighted by atomic mass is 19.1. The highest BCUT2D eigenvalue weighted by molar-refractivity contribution is 5.87. The maximum absolute atomic E-state index is 13.5. The molecule has 2 rings (SSSR count). The molecule has 3 N–H and O–H groups in total. The van der Waals surface area contributed by atoms with E-state index in [-0.39, 0.29) is 11.7 Å². The van der Waals surface area contributed by atoms with Crippen LogP contribution < -0.4 is 16.0 Å². The molecule has 1 aliphatic rings. The second-order valence-corrected chi connectivity index (χ2v) is 4.84. The third kappa shape index (κ3) is 2.85. The summed E-state index contributed by atoms with van der Waals surface area (Å²) in [5.74, 6) is -0.442. The lowest BCUT2D eigenvalue weighted by Gasteiger charge is -2.37. The largest absolute Gasteiger partial charge is 0.397 e. The predicted octanol–water partition coefficient (Wildman–Crippen LogP) is 1.06. The Hall–Kier alpha value is -1.82. The van der Waals surface area contributed by atoms with E-state index in [1.165, 1.54) is 6.07 Å². The van der Waals surface area contributed by atoms with Crippen LogP contribution in [0.3, 0.4) is 0 Å². The fraction of sp³-hybridized carbons (Fsp3) is 0.500. The number of likely N-dealkylation sites (N-methyl/N-ethyl adjacent to an activating group) is 1. The van der Waals surface area contributed by atoms with Gasteiger partial charge >= 0.3 is 0 Å². The molecule has 1 fully saturated rings. The van der Waals surface area contributed by atoms with Crippen molar-refractivity contribution in [3.8, 4) is 0 Å². The molecule has 0 spiro atoms. The first-order valence-corrected chi connectivity index (χ1v) is 6.72.